The van der Waals surface area contributed by atoms with E-state index in [0.717, 1.165) is 11.2 Å². The fourth-order valence-electron chi connectivity index (χ4n) is 2.96. The number of fused-ring (bicyclic) bond motifs is 1. The smallest absolute Gasteiger partial charge is 0.337 e. The Morgan fingerprint density at radius 3 is 3.00 bits per heavy atom. The second-order valence-electron chi connectivity index (χ2n) is 5.62. The van der Waals surface area contributed by atoms with Crippen LogP contribution in [-0.4, -0.2) is 26.7 Å². The molecule has 0 radical (unpaired) electrons. The van der Waals surface area contributed by atoms with Gasteiger partial charge in [0.25, 0.3) is 0 Å². The molecule has 2 heterocycles. The summed E-state index contributed by atoms with van der Waals surface area (Å²) < 4.78 is 1.71. The molecule has 1 aliphatic rings. The zero-order chi connectivity index (χ0) is 14.1. The van der Waals surface area contributed by atoms with Crippen LogP contribution in [0, 0.1) is 5.92 Å². The first kappa shape index (κ1) is 13.0. The summed E-state index contributed by atoms with van der Waals surface area (Å²) >= 11 is 0. The second kappa shape index (κ2) is 5.15. The van der Waals surface area contributed by atoms with Crippen molar-refractivity contribution in [3.63, 3.8) is 0 Å². The predicted molar refractivity (Wildman–Crippen MR) is 77.2 cm³/mol. The molecule has 2 N–H and O–H groups in total. The van der Waals surface area contributed by atoms with E-state index in [0.29, 0.717) is 12.0 Å². The van der Waals surface area contributed by atoms with Gasteiger partial charge in [0.2, 0.25) is 0 Å². The fraction of sp³-hybridized carbons (Fsp3) is 0.467. The number of hydrogen-bond acceptors (Lipinski definition) is 3. The molecule has 106 valence electrons. The van der Waals surface area contributed by atoms with Crippen molar-refractivity contribution < 1.29 is 9.90 Å². The first-order chi connectivity index (χ1) is 9.65. The van der Waals surface area contributed by atoms with Crippen LogP contribution in [0.15, 0.2) is 24.5 Å². The molecular formula is C15H19N3O2. The molecule has 5 heteroatoms. The highest BCUT2D eigenvalue weighted by Crippen LogP contribution is 2.28. The Kier molecular flexibility index (Phi) is 3.34. The maximum absolute atomic E-state index is 11.1. The molecule has 2 atom stereocenters. The molecule has 0 aromatic carbocycles. The maximum Gasteiger partial charge on any atom is 0.337 e. The SMILES string of the molecule is CC1CCCCC1Nc1ccn2ncc(C(=O)O)cc12. The van der Waals surface area contributed by atoms with E-state index >= 15 is 0 Å². The predicted octanol–water partition coefficient (Wildman–Crippen LogP) is 3.02. The molecule has 0 saturated heterocycles. The Balaban J connectivity index is 1.90. The van der Waals surface area contributed by atoms with Crippen LogP contribution in [0.2, 0.25) is 0 Å². The minimum atomic E-state index is -0.946. The molecule has 20 heavy (non-hydrogen) atoms. The molecule has 0 spiro atoms. The number of carbonyl (C=O) groups is 1. The van der Waals surface area contributed by atoms with Gasteiger partial charge in [-0.3, -0.25) is 0 Å². The van der Waals surface area contributed by atoms with E-state index in [1.807, 2.05) is 12.3 Å². The normalized spacial score (nSPS) is 22.9. The maximum atomic E-state index is 11.1. The molecule has 5 nitrogen and oxygen atoms in total. The summed E-state index contributed by atoms with van der Waals surface area (Å²) in [6.45, 7) is 2.27. The molecule has 2 aromatic rings. The molecular weight excluding hydrogens is 254 g/mol. The van der Waals surface area contributed by atoms with Gasteiger partial charge in [0, 0.05) is 12.2 Å². The van der Waals surface area contributed by atoms with Gasteiger partial charge in [0.15, 0.2) is 0 Å². The lowest BCUT2D eigenvalue weighted by Gasteiger charge is -2.30. The van der Waals surface area contributed by atoms with Crippen molar-refractivity contribution in [2.45, 2.75) is 38.6 Å². The van der Waals surface area contributed by atoms with E-state index in [9.17, 15) is 4.79 Å². The lowest BCUT2D eigenvalue weighted by Crippen LogP contribution is -2.30. The number of carboxylic acid groups (broad SMARTS) is 1. The number of anilines is 1. The summed E-state index contributed by atoms with van der Waals surface area (Å²) in [6.07, 6.45) is 8.22. The minimum Gasteiger partial charge on any atom is -0.478 e. The Labute approximate surface area is 117 Å². The van der Waals surface area contributed by atoms with Crippen molar-refractivity contribution in [2.24, 2.45) is 5.92 Å². The summed E-state index contributed by atoms with van der Waals surface area (Å²) in [4.78, 5) is 11.1. The van der Waals surface area contributed by atoms with Crippen molar-refractivity contribution >= 4 is 17.2 Å². The van der Waals surface area contributed by atoms with Gasteiger partial charge in [-0.25, -0.2) is 9.31 Å². The number of hydrogen-bond donors (Lipinski definition) is 2. The molecule has 1 saturated carbocycles. The summed E-state index contributed by atoms with van der Waals surface area (Å²) in [6, 6.07) is 4.10. The van der Waals surface area contributed by atoms with Crippen LogP contribution in [0.25, 0.3) is 5.52 Å². The molecule has 0 aliphatic heterocycles. The van der Waals surface area contributed by atoms with Gasteiger partial charge >= 0.3 is 5.97 Å². The van der Waals surface area contributed by atoms with Crippen LogP contribution in [0.1, 0.15) is 43.0 Å². The van der Waals surface area contributed by atoms with Crippen LogP contribution in [0.4, 0.5) is 5.69 Å². The molecule has 0 bridgehead atoms. The third kappa shape index (κ3) is 2.35. The second-order valence-corrected chi connectivity index (χ2v) is 5.62. The third-order valence-corrected chi connectivity index (χ3v) is 4.22. The fourth-order valence-corrected chi connectivity index (χ4v) is 2.96. The van der Waals surface area contributed by atoms with Gasteiger partial charge < -0.3 is 10.4 Å². The standard InChI is InChI=1S/C15H19N3O2/c1-10-4-2-3-5-12(10)17-13-6-7-18-14(13)8-11(9-16-18)15(19)20/h6-10,12,17H,2-5H2,1H3,(H,19,20). The van der Waals surface area contributed by atoms with Crippen LogP contribution < -0.4 is 5.32 Å². The Morgan fingerprint density at radius 2 is 2.25 bits per heavy atom. The van der Waals surface area contributed by atoms with Gasteiger partial charge in [0.1, 0.15) is 0 Å². The number of carboxylic acids is 1. The van der Waals surface area contributed by atoms with E-state index in [4.69, 9.17) is 5.11 Å². The van der Waals surface area contributed by atoms with E-state index in [-0.39, 0.29) is 5.56 Å². The highest BCUT2D eigenvalue weighted by molar-refractivity contribution is 5.90. The number of nitrogens with one attached hydrogen (secondary N) is 1. The highest BCUT2D eigenvalue weighted by atomic mass is 16.4. The third-order valence-electron chi connectivity index (χ3n) is 4.22. The van der Waals surface area contributed by atoms with Gasteiger partial charge in [-0.15, -0.1) is 0 Å². The van der Waals surface area contributed by atoms with Crippen LogP contribution in [0.3, 0.4) is 0 Å². The lowest BCUT2D eigenvalue weighted by molar-refractivity contribution is 0.0696. The van der Waals surface area contributed by atoms with Gasteiger partial charge in [-0.2, -0.15) is 5.10 Å². The van der Waals surface area contributed by atoms with Crippen molar-refractivity contribution in [3.05, 3.63) is 30.1 Å². The Hall–Kier alpha value is -2.04. The molecule has 0 amide bonds. The van der Waals surface area contributed by atoms with Gasteiger partial charge in [-0.1, -0.05) is 19.8 Å². The largest absolute Gasteiger partial charge is 0.478 e. The van der Waals surface area contributed by atoms with Crippen LogP contribution >= 0.6 is 0 Å². The van der Waals surface area contributed by atoms with Crippen molar-refractivity contribution in [1.82, 2.24) is 9.61 Å². The summed E-state index contributed by atoms with van der Waals surface area (Å²) in [5, 5.41) is 16.8. The summed E-state index contributed by atoms with van der Waals surface area (Å²) in [5.41, 5.74) is 2.01. The number of rotatable bonds is 3. The number of aromatic carboxylic acids is 1. The average molecular weight is 273 g/mol. The van der Waals surface area contributed by atoms with Crippen molar-refractivity contribution in [3.8, 4) is 0 Å². The van der Waals surface area contributed by atoms with E-state index in [2.05, 4.69) is 17.3 Å². The number of aromatic nitrogens is 2. The Morgan fingerprint density at radius 1 is 1.45 bits per heavy atom. The Bertz CT molecular complexity index is 635. The number of nitrogens with zero attached hydrogens (tertiary/aromatic N) is 2. The average Bonchev–Trinajstić information content (AvgIpc) is 2.84. The van der Waals surface area contributed by atoms with E-state index in [1.165, 1.54) is 31.9 Å². The molecule has 1 aliphatic carbocycles. The van der Waals surface area contributed by atoms with Crippen molar-refractivity contribution in [2.75, 3.05) is 5.32 Å². The zero-order valence-corrected chi connectivity index (χ0v) is 11.5. The van der Waals surface area contributed by atoms with Gasteiger partial charge in [-0.05, 0) is 30.9 Å². The lowest BCUT2D eigenvalue weighted by atomic mass is 9.86. The monoisotopic (exact) mass is 273 g/mol. The van der Waals surface area contributed by atoms with Crippen LogP contribution in [-0.2, 0) is 0 Å². The first-order valence-corrected chi connectivity index (χ1v) is 7.12. The quantitative estimate of drug-likeness (QED) is 0.902. The molecule has 3 rings (SSSR count). The highest BCUT2D eigenvalue weighted by Gasteiger charge is 2.22. The van der Waals surface area contributed by atoms with E-state index in [1.54, 1.807) is 10.6 Å². The minimum absolute atomic E-state index is 0.218. The first-order valence-electron chi connectivity index (χ1n) is 7.12. The van der Waals surface area contributed by atoms with Gasteiger partial charge in [0.05, 0.1) is 23.0 Å². The topological polar surface area (TPSA) is 66.6 Å². The zero-order valence-electron chi connectivity index (χ0n) is 11.5. The summed E-state index contributed by atoms with van der Waals surface area (Å²) in [5.74, 6) is -0.299. The molecule has 1 fully saturated rings. The van der Waals surface area contributed by atoms with Crippen molar-refractivity contribution in [1.29, 1.82) is 0 Å². The van der Waals surface area contributed by atoms with E-state index < -0.39 is 5.97 Å². The molecule has 2 aromatic heterocycles. The summed E-state index contributed by atoms with van der Waals surface area (Å²) in [7, 11) is 0. The molecule has 2 unspecified atom stereocenters. The van der Waals surface area contributed by atoms with Crippen LogP contribution in [0.5, 0.6) is 0 Å².